The minimum atomic E-state index is -0.675. The lowest BCUT2D eigenvalue weighted by Gasteiger charge is -2.17. The van der Waals surface area contributed by atoms with Crippen LogP contribution in [0, 0.1) is 5.41 Å². The Kier molecular flexibility index (Phi) is 10.2. The Labute approximate surface area is 112 Å². The molecule has 0 amide bonds. The highest BCUT2D eigenvalue weighted by atomic mass is 16.4. The molecule has 4 nitrogen and oxygen atoms in total. The summed E-state index contributed by atoms with van der Waals surface area (Å²) in [5, 5.41) is 8.37. The van der Waals surface area contributed by atoms with Crippen LogP contribution in [0.3, 0.4) is 0 Å². The highest BCUT2D eigenvalue weighted by molar-refractivity contribution is 5.66. The number of carboxylic acids is 1. The first-order valence-electron chi connectivity index (χ1n) is 6.67. The Morgan fingerprint density at radius 1 is 1.06 bits per heavy atom. The van der Waals surface area contributed by atoms with Crippen molar-refractivity contribution in [3.8, 4) is 0 Å². The Morgan fingerprint density at radius 2 is 1.50 bits per heavy atom. The van der Waals surface area contributed by atoms with E-state index in [1.54, 1.807) is 0 Å². The Morgan fingerprint density at radius 3 is 1.78 bits per heavy atom. The number of unbranched alkanes of at least 4 members (excludes halogenated alkanes) is 2. The van der Waals surface area contributed by atoms with E-state index >= 15 is 0 Å². The lowest BCUT2D eigenvalue weighted by molar-refractivity contribution is -0.137. The Hall–Kier alpha value is -0.610. The number of rotatable bonds is 5. The van der Waals surface area contributed by atoms with Crippen LogP contribution in [0.2, 0.25) is 0 Å². The molecule has 0 saturated heterocycles. The van der Waals surface area contributed by atoms with Crippen molar-refractivity contribution < 1.29 is 9.90 Å². The molecule has 0 heterocycles. The second-order valence-corrected chi connectivity index (χ2v) is 6.91. The second-order valence-electron chi connectivity index (χ2n) is 6.91. The normalized spacial score (nSPS) is 11.7. The monoisotopic (exact) mass is 260 g/mol. The van der Waals surface area contributed by atoms with Gasteiger partial charge >= 0.3 is 5.97 Å². The van der Waals surface area contributed by atoms with Gasteiger partial charge in [-0.3, -0.25) is 16.1 Å². The van der Waals surface area contributed by atoms with Crippen LogP contribution in [0.4, 0.5) is 0 Å². The number of carboxylic acid groups (broad SMARTS) is 1. The largest absolute Gasteiger partial charge is 0.481 e. The van der Waals surface area contributed by atoms with E-state index in [0.29, 0.717) is 11.8 Å². The zero-order valence-electron chi connectivity index (χ0n) is 13.0. The fourth-order valence-electron chi connectivity index (χ4n) is 1.11. The molecule has 0 aliphatic heterocycles. The van der Waals surface area contributed by atoms with Crippen molar-refractivity contribution in [3.05, 3.63) is 0 Å². The summed E-state index contributed by atoms with van der Waals surface area (Å²) in [5.74, 6) is 4.38. The molecule has 0 aromatic heterocycles. The summed E-state index contributed by atoms with van der Waals surface area (Å²) in [6.45, 7) is 12.7. The molecule has 0 radical (unpaired) electrons. The molecular formula is C14H32N2O2. The SMILES string of the molecule is CC(C)(C)CCCCCC(=O)O.CC(C)(C)NN. The molecule has 4 heteroatoms. The molecule has 0 aliphatic rings. The smallest absolute Gasteiger partial charge is 0.303 e. The summed E-state index contributed by atoms with van der Waals surface area (Å²) in [6, 6.07) is 0. The molecule has 0 aromatic carbocycles. The minimum absolute atomic E-state index is 0.0694. The van der Waals surface area contributed by atoms with E-state index in [9.17, 15) is 4.79 Å². The van der Waals surface area contributed by atoms with Crippen molar-refractivity contribution in [2.75, 3.05) is 0 Å². The van der Waals surface area contributed by atoms with E-state index in [-0.39, 0.29) is 5.54 Å². The first kappa shape index (κ1) is 19.7. The molecule has 0 bridgehead atoms. The fraction of sp³-hybridized carbons (Fsp3) is 0.929. The number of aliphatic carboxylic acids is 1. The molecule has 110 valence electrons. The molecule has 0 unspecified atom stereocenters. The Bertz CT molecular complexity index is 215. The highest BCUT2D eigenvalue weighted by Gasteiger charge is 2.08. The van der Waals surface area contributed by atoms with Crippen LogP contribution in [-0.2, 0) is 4.79 Å². The van der Waals surface area contributed by atoms with Crippen molar-refractivity contribution in [1.82, 2.24) is 5.43 Å². The van der Waals surface area contributed by atoms with Gasteiger partial charge in [0.2, 0.25) is 0 Å². The molecule has 4 N–H and O–H groups in total. The number of hydrogen-bond donors (Lipinski definition) is 3. The predicted octanol–water partition coefficient (Wildman–Crippen LogP) is 3.32. The molecule has 0 aliphatic carbocycles. The highest BCUT2D eigenvalue weighted by Crippen LogP contribution is 2.22. The zero-order valence-corrected chi connectivity index (χ0v) is 13.0. The number of hydrogen-bond acceptors (Lipinski definition) is 3. The summed E-state index contributed by atoms with van der Waals surface area (Å²) in [5.41, 5.74) is 3.07. The van der Waals surface area contributed by atoms with Gasteiger partial charge in [0.1, 0.15) is 0 Å². The first-order valence-corrected chi connectivity index (χ1v) is 6.67. The maximum absolute atomic E-state index is 10.2. The van der Waals surface area contributed by atoms with E-state index in [1.807, 2.05) is 20.8 Å². The van der Waals surface area contributed by atoms with Crippen molar-refractivity contribution in [2.45, 2.75) is 79.2 Å². The van der Waals surface area contributed by atoms with Gasteiger partial charge < -0.3 is 5.11 Å². The average molecular weight is 260 g/mol. The standard InChI is InChI=1S/C10H20O2.C4H12N2/c1-10(2,3)8-6-4-5-7-9(11)12;1-4(2,3)6-5/h4-8H2,1-3H3,(H,11,12);6H,5H2,1-3H3. The lowest BCUT2D eigenvalue weighted by atomic mass is 9.89. The van der Waals surface area contributed by atoms with Gasteiger partial charge in [0.25, 0.3) is 0 Å². The van der Waals surface area contributed by atoms with Gasteiger partial charge in [-0.2, -0.15) is 0 Å². The lowest BCUT2D eigenvalue weighted by Crippen LogP contribution is -2.41. The van der Waals surface area contributed by atoms with E-state index in [1.165, 1.54) is 6.42 Å². The molecule has 0 aromatic rings. The van der Waals surface area contributed by atoms with Gasteiger partial charge in [0.05, 0.1) is 0 Å². The number of hydrazine groups is 1. The third kappa shape index (κ3) is 24.6. The zero-order chi connectivity index (χ0) is 14.8. The van der Waals surface area contributed by atoms with Crippen LogP contribution in [-0.4, -0.2) is 16.6 Å². The third-order valence-corrected chi connectivity index (χ3v) is 2.25. The topological polar surface area (TPSA) is 75.3 Å². The van der Waals surface area contributed by atoms with Crippen molar-refractivity contribution in [2.24, 2.45) is 11.3 Å². The summed E-state index contributed by atoms with van der Waals surface area (Å²) in [4.78, 5) is 10.2. The van der Waals surface area contributed by atoms with E-state index in [2.05, 4.69) is 26.2 Å². The number of nitrogens with two attached hydrogens (primary N) is 1. The number of carbonyl (C=O) groups is 1. The van der Waals surface area contributed by atoms with Crippen molar-refractivity contribution in [3.63, 3.8) is 0 Å². The molecule has 0 spiro atoms. The fourth-order valence-corrected chi connectivity index (χ4v) is 1.11. The maximum atomic E-state index is 10.2. The van der Waals surface area contributed by atoms with Crippen LogP contribution in [0.1, 0.15) is 73.6 Å². The first-order chi connectivity index (χ1) is 7.98. The van der Waals surface area contributed by atoms with Gasteiger partial charge in [0, 0.05) is 12.0 Å². The third-order valence-electron chi connectivity index (χ3n) is 2.25. The van der Waals surface area contributed by atoms with Crippen LogP contribution in [0.5, 0.6) is 0 Å². The number of nitrogens with one attached hydrogen (secondary N) is 1. The maximum Gasteiger partial charge on any atom is 0.303 e. The van der Waals surface area contributed by atoms with Crippen molar-refractivity contribution >= 4 is 5.97 Å². The summed E-state index contributed by atoms with van der Waals surface area (Å²) in [7, 11) is 0. The van der Waals surface area contributed by atoms with Gasteiger partial charge in [0.15, 0.2) is 0 Å². The molecular weight excluding hydrogens is 228 g/mol. The van der Waals surface area contributed by atoms with E-state index in [4.69, 9.17) is 10.9 Å². The summed E-state index contributed by atoms with van der Waals surface area (Å²) < 4.78 is 0. The van der Waals surface area contributed by atoms with E-state index < -0.39 is 5.97 Å². The average Bonchev–Trinajstić information content (AvgIpc) is 2.15. The van der Waals surface area contributed by atoms with Gasteiger partial charge in [-0.05, 0) is 39.0 Å². The predicted molar refractivity (Wildman–Crippen MR) is 77.3 cm³/mol. The molecule has 0 fully saturated rings. The molecule has 18 heavy (non-hydrogen) atoms. The van der Waals surface area contributed by atoms with Crippen molar-refractivity contribution in [1.29, 1.82) is 0 Å². The van der Waals surface area contributed by atoms with Gasteiger partial charge in [-0.1, -0.05) is 33.6 Å². The van der Waals surface area contributed by atoms with Gasteiger partial charge in [-0.15, -0.1) is 0 Å². The second kappa shape index (κ2) is 9.34. The molecule has 0 atom stereocenters. The van der Waals surface area contributed by atoms with Crippen LogP contribution in [0.25, 0.3) is 0 Å². The summed E-state index contributed by atoms with van der Waals surface area (Å²) in [6.07, 6.45) is 4.53. The summed E-state index contributed by atoms with van der Waals surface area (Å²) >= 11 is 0. The molecule has 0 rings (SSSR count). The minimum Gasteiger partial charge on any atom is -0.481 e. The van der Waals surface area contributed by atoms with Crippen LogP contribution >= 0.6 is 0 Å². The quantitative estimate of drug-likeness (QED) is 0.403. The Balaban J connectivity index is 0. The van der Waals surface area contributed by atoms with Gasteiger partial charge in [-0.25, -0.2) is 0 Å². The van der Waals surface area contributed by atoms with E-state index in [0.717, 1.165) is 19.3 Å². The van der Waals surface area contributed by atoms with Crippen LogP contribution in [0.15, 0.2) is 0 Å². The van der Waals surface area contributed by atoms with Crippen LogP contribution < -0.4 is 11.3 Å². The molecule has 0 saturated carbocycles.